The normalized spacial score (nSPS) is 10.8. The number of hydrogen-bond acceptors (Lipinski definition) is 2. The fourth-order valence-corrected chi connectivity index (χ4v) is 6.07. The van der Waals surface area contributed by atoms with Gasteiger partial charge >= 0.3 is 0 Å². The van der Waals surface area contributed by atoms with Gasteiger partial charge in [0.15, 0.2) is 0 Å². The minimum absolute atomic E-state index is 0.913. The van der Waals surface area contributed by atoms with E-state index < -0.39 is 0 Å². The van der Waals surface area contributed by atoms with Crippen LogP contribution in [0.2, 0.25) is 0 Å². The van der Waals surface area contributed by atoms with Crippen molar-refractivity contribution in [3.63, 3.8) is 0 Å². The molecule has 0 amide bonds. The standard InChI is InChI=1S/C32H26S2/c1-3-5-23-7-11-25(12-8-23)29-19-21-31(33-29)27-15-17-28(18-16-27)32-22-20-30(34-32)26-13-9-24(6-4-2)10-14-26/h3-4,7-22H,1-2,5-6H2. The van der Waals surface area contributed by atoms with E-state index in [2.05, 4.69) is 110 Å². The maximum absolute atomic E-state index is 3.82. The van der Waals surface area contributed by atoms with Crippen LogP contribution in [0.5, 0.6) is 0 Å². The summed E-state index contributed by atoms with van der Waals surface area (Å²) in [5.41, 5.74) is 7.66. The van der Waals surface area contributed by atoms with Gasteiger partial charge in [-0.15, -0.1) is 35.8 Å². The molecule has 0 spiro atoms. The van der Waals surface area contributed by atoms with Gasteiger partial charge in [-0.3, -0.25) is 0 Å². The molecule has 3 aromatic carbocycles. The van der Waals surface area contributed by atoms with Gasteiger partial charge in [0.1, 0.15) is 0 Å². The van der Waals surface area contributed by atoms with E-state index in [0.717, 1.165) is 12.8 Å². The van der Waals surface area contributed by atoms with E-state index in [1.54, 1.807) is 0 Å². The Kier molecular flexibility index (Phi) is 6.71. The summed E-state index contributed by atoms with van der Waals surface area (Å²) in [5, 5.41) is 0. The van der Waals surface area contributed by atoms with Crippen molar-refractivity contribution in [2.45, 2.75) is 12.8 Å². The largest absolute Gasteiger partial charge is 0.135 e. The van der Waals surface area contributed by atoms with E-state index in [0.29, 0.717) is 0 Å². The van der Waals surface area contributed by atoms with Gasteiger partial charge in [0, 0.05) is 19.5 Å². The summed E-state index contributed by atoms with van der Waals surface area (Å²) in [5.74, 6) is 0. The molecule has 2 heterocycles. The molecule has 166 valence electrons. The second-order valence-electron chi connectivity index (χ2n) is 8.28. The number of allylic oxidation sites excluding steroid dienone is 2. The Bertz CT molecular complexity index is 1280. The summed E-state index contributed by atoms with van der Waals surface area (Å²) >= 11 is 3.68. The summed E-state index contributed by atoms with van der Waals surface area (Å²) in [6.45, 7) is 7.64. The second kappa shape index (κ2) is 10.2. The Morgan fingerprint density at radius 2 is 0.676 bits per heavy atom. The number of hydrogen-bond donors (Lipinski definition) is 0. The van der Waals surface area contributed by atoms with Crippen LogP contribution in [-0.2, 0) is 12.8 Å². The number of rotatable bonds is 8. The molecule has 0 aliphatic heterocycles. The van der Waals surface area contributed by atoms with E-state index in [-0.39, 0.29) is 0 Å². The topological polar surface area (TPSA) is 0 Å². The smallest absolute Gasteiger partial charge is 0.0349 e. The van der Waals surface area contributed by atoms with Crippen LogP contribution in [0.3, 0.4) is 0 Å². The van der Waals surface area contributed by atoms with Gasteiger partial charge in [0.05, 0.1) is 0 Å². The summed E-state index contributed by atoms with van der Waals surface area (Å²) < 4.78 is 0. The van der Waals surface area contributed by atoms with E-state index in [1.807, 2.05) is 34.8 Å². The molecule has 0 fully saturated rings. The summed E-state index contributed by atoms with van der Waals surface area (Å²) in [7, 11) is 0. The average Bonchev–Trinajstić information content (AvgIpc) is 3.56. The molecule has 0 bridgehead atoms. The lowest BCUT2D eigenvalue weighted by molar-refractivity contribution is 1.28. The fourth-order valence-electron chi connectivity index (χ4n) is 4.04. The molecule has 2 heteroatoms. The Hall–Kier alpha value is -3.46. The van der Waals surface area contributed by atoms with Gasteiger partial charge in [-0.25, -0.2) is 0 Å². The zero-order valence-electron chi connectivity index (χ0n) is 19.0. The predicted molar refractivity (Wildman–Crippen MR) is 152 cm³/mol. The van der Waals surface area contributed by atoms with Crippen LogP contribution in [-0.4, -0.2) is 0 Å². The highest BCUT2D eigenvalue weighted by molar-refractivity contribution is 7.19. The van der Waals surface area contributed by atoms with Crippen molar-refractivity contribution < 1.29 is 0 Å². The van der Waals surface area contributed by atoms with Crippen LogP contribution in [0.1, 0.15) is 11.1 Å². The summed E-state index contributed by atoms with van der Waals surface area (Å²) in [6, 6.07) is 35.4. The van der Waals surface area contributed by atoms with Gasteiger partial charge in [-0.05, 0) is 70.5 Å². The first kappa shape index (κ1) is 22.3. The van der Waals surface area contributed by atoms with Crippen molar-refractivity contribution in [2.24, 2.45) is 0 Å². The minimum Gasteiger partial charge on any atom is -0.135 e. The SMILES string of the molecule is C=CCc1ccc(-c2ccc(-c3ccc(-c4ccc(-c5ccc(CC=C)cc5)s4)cc3)s2)cc1. The molecular weight excluding hydrogens is 448 g/mol. The van der Waals surface area contributed by atoms with Crippen molar-refractivity contribution >= 4 is 22.7 Å². The minimum atomic E-state index is 0.913. The van der Waals surface area contributed by atoms with Crippen molar-refractivity contribution in [1.82, 2.24) is 0 Å². The molecule has 0 saturated heterocycles. The van der Waals surface area contributed by atoms with Crippen LogP contribution in [0.4, 0.5) is 0 Å². The molecule has 5 aromatic rings. The fraction of sp³-hybridized carbons (Fsp3) is 0.0625. The van der Waals surface area contributed by atoms with Crippen molar-refractivity contribution in [1.29, 1.82) is 0 Å². The molecule has 0 atom stereocenters. The second-order valence-corrected chi connectivity index (χ2v) is 10.5. The molecule has 0 nitrogen and oxygen atoms in total. The molecule has 0 radical (unpaired) electrons. The van der Waals surface area contributed by atoms with Gasteiger partial charge in [0.25, 0.3) is 0 Å². The Balaban J connectivity index is 1.31. The van der Waals surface area contributed by atoms with Crippen LogP contribution in [0.25, 0.3) is 41.8 Å². The molecule has 0 aliphatic carbocycles. The Morgan fingerprint density at radius 3 is 0.941 bits per heavy atom. The van der Waals surface area contributed by atoms with Gasteiger partial charge in [-0.1, -0.05) is 84.9 Å². The molecule has 0 unspecified atom stereocenters. The molecular formula is C32H26S2. The lowest BCUT2D eigenvalue weighted by Gasteiger charge is -2.02. The molecule has 0 N–H and O–H groups in total. The summed E-state index contributed by atoms with van der Waals surface area (Å²) in [6.07, 6.45) is 5.72. The van der Waals surface area contributed by atoms with Crippen molar-refractivity contribution in [3.05, 3.63) is 133 Å². The van der Waals surface area contributed by atoms with Crippen LogP contribution in [0, 0.1) is 0 Å². The number of benzene rings is 3. The average molecular weight is 475 g/mol. The molecule has 0 aliphatic rings. The highest BCUT2D eigenvalue weighted by Gasteiger charge is 2.08. The first-order valence-electron chi connectivity index (χ1n) is 11.4. The van der Waals surface area contributed by atoms with E-state index in [4.69, 9.17) is 0 Å². The Labute approximate surface area is 210 Å². The lowest BCUT2D eigenvalue weighted by Crippen LogP contribution is -1.80. The maximum atomic E-state index is 3.82. The molecule has 2 aromatic heterocycles. The zero-order valence-corrected chi connectivity index (χ0v) is 20.7. The van der Waals surface area contributed by atoms with Gasteiger partial charge in [-0.2, -0.15) is 0 Å². The zero-order chi connectivity index (χ0) is 23.3. The van der Waals surface area contributed by atoms with E-state index in [9.17, 15) is 0 Å². The lowest BCUT2D eigenvalue weighted by atomic mass is 10.1. The first-order valence-corrected chi connectivity index (χ1v) is 13.1. The predicted octanol–water partition coefficient (Wildman–Crippen LogP) is 9.93. The van der Waals surface area contributed by atoms with E-state index >= 15 is 0 Å². The highest BCUT2D eigenvalue weighted by Crippen LogP contribution is 2.38. The van der Waals surface area contributed by atoms with Crippen LogP contribution < -0.4 is 0 Å². The molecule has 34 heavy (non-hydrogen) atoms. The Morgan fingerprint density at radius 1 is 0.412 bits per heavy atom. The number of thiophene rings is 2. The maximum Gasteiger partial charge on any atom is 0.0349 e. The van der Waals surface area contributed by atoms with Gasteiger partial charge in [0.2, 0.25) is 0 Å². The third-order valence-electron chi connectivity index (χ3n) is 5.90. The molecule has 5 rings (SSSR count). The van der Waals surface area contributed by atoms with Crippen molar-refractivity contribution in [2.75, 3.05) is 0 Å². The van der Waals surface area contributed by atoms with Crippen molar-refractivity contribution in [3.8, 4) is 41.8 Å². The quantitative estimate of drug-likeness (QED) is 0.196. The van der Waals surface area contributed by atoms with Crippen LogP contribution in [0.15, 0.2) is 122 Å². The molecule has 0 saturated carbocycles. The first-order chi connectivity index (χ1) is 16.7. The van der Waals surface area contributed by atoms with E-state index in [1.165, 1.54) is 52.9 Å². The van der Waals surface area contributed by atoms with Gasteiger partial charge < -0.3 is 0 Å². The van der Waals surface area contributed by atoms with Crippen LogP contribution >= 0.6 is 22.7 Å². The monoisotopic (exact) mass is 474 g/mol. The third kappa shape index (κ3) is 4.89. The third-order valence-corrected chi connectivity index (χ3v) is 8.27. The highest BCUT2D eigenvalue weighted by atomic mass is 32.1. The summed E-state index contributed by atoms with van der Waals surface area (Å²) in [4.78, 5) is 5.18.